The van der Waals surface area contributed by atoms with E-state index < -0.39 is 0 Å². The molecule has 1 aromatic carbocycles. The highest BCUT2D eigenvalue weighted by Crippen LogP contribution is 2.35. The topological polar surface area (TPSA) is 27.0 Å². The average Bonchev–Trinajstić information content (AvgIpc) is 3.04. The Hall–Kier alpha value is -1.20. The second-order valence-corrected chi connectivity index (χ2v) is 4.17. The SMILES string of the molecule is CCN(c1cccc(Cl)c1C#N)C1CC1. The van der Waals surface area contributed by atoms with Gasteiger partial charge >= 0.3 is 0 Å². The summed E-state index contributed by atoms with van der Waals surface area (Å²) in [5.41, 5.74) is 1.59. The van der Waals surface area contributed by atoms with Crippen LogP contribution in [-0.4, -0.2) is 12.6 Å². The minimum Gasteiger partial charge on any atom is -0.368 e. The fourth-order valence-corrected chi connectivity index (χ4v) is 2.09. The van der Waals surface area contributed by atoms with Crippen molar-refractivity contribution in [2.45, 2.75) is 25.8 Å². The summed E-state index contributed by atoms with van der Waals surface area (Å²) in [6, 6.07) is 8.45. The average molecular weight is 221 g/mol. The van der Waals surface area contributed by atoms with Crippen molar-refractivity contribution < 1.29 is 0 Å². The number of nitrogens with zero attached hydrogens (tertiary/aromatic N) is 2. The van der Waals surface area contributed by atoms with Gasteiger partial charge in [0, 0.05) is 12.6 Å². The molecule has 0 radical (unpaired) electrons. The Morgan fingerprint density at radius 1 is 1.53 bits per heavy atom. The summed E-state index contributed by atoms with van der Waals surface area (Å²) in [6.45, 7) is 3.04. The molecule has 0 bridgehead atoms. The van der Waals surface area contributed by atoms with Crippen LogP contribution in [0.3, 0.4) is 0 Å². The summed E-state index contributed by atoms with van der Waals surface area (Å²) >= 11 is 6.01. The normalized spacial score (nSPS) is 14.7. The Kier molecular flexibility index (Phi) is 2.83. The molecule has 0 aromatic heterocycles. The van der Waals surface area contributed by atoms with E-state index in [1.807, 2.05) is 12.1 Å². The Morgan fingerprint density at radius 3 is 2.80 bits per heavy atom. The fourth-order valence-electron chi connectivity index (χ4n) is 1.87. The van der Waals surface area contributed by atoms with Crippen molar-refractivity contribution >= 4 is 17.3 Å². The monoisotopic (exact) mass is 220 g/mol. The van der Waals surface area contributed by atoms with Crippen molar-refractivity contribution in [2.75, 3.05) is 11.4 Å². The molecule has 0 unspecified atom stereocenters. The highest BCUT2D eigenvalue weighted by Gasteiger charge is 2.29. The molecule has 1 aliphatic carbocycles. The number of hydrogen-bond acceptors (Lipinski definition) is 2. The van der Waals surface area contributed by atoms with Gasteiger partial charge in [-0.25, -0.2) is 0 Å². The Morgan fingerprint density at radius 2 is 2.27 bits per heavy atom. The van der Waals surface area contributed by atoms with Gasteiger partial charge in [-0.2, -0.15) is 5.26 Å². The molecule has 0 spiro atoms. The van der Waals surface area contributed by atoms with Crippen LogP contribution in [0, 0.1) is 11.3 Å². The van der Waals surface area contributed by atoms with E-state index in [0.717, 1.165) is 12.2 Å². The van der Waals surface area contributed by atoms with Crippen LogP contribution in [0.1, 0.15) is 25.3 Å². The fraction of sp³-hybridized carbons (Fsp3) is 0.417. The highest BCUT2D eigenvalue weighted by atomic mass is 35.5. The van der Waals surface area contributed by atoms with Crippen LogP contribution in [0.25, 0.3) is 0 Å². The predicted molar refractivity (Wildman–Crippen MR) is 62.2 cm³/mol. The van der Waals surface area contributed by atoms with E-state index >= 15 is 0 Å². The molecule has 1 fully saturated rings. The molecule has 15 heavy (non-hydrogen) atoms. The molecule has 0 saturated heterocycles. The number of rotatable bonds is 3. The highest BCUT2D eigenvalue weighted by molar-refractivity contribution is 6.32. The summed E-state index contributed by atoms with van der Waals surface area (Å²) < 4.78 is 0. The van der Waals surface area contributed by atoms with Crippen LogP contribution >= 0.6 is 11.6 Å². The maximum absolute atomic E-state index is 9.08. The van der Waals surface area contributed by atoms with E-state index in [1.165, 1.54) is 12.8 Å². The van der Waals surface area contributed by atoms with Gasteiger partial charge in [0.1, 0.15) is 6.07 Å². The number of nitriles is 1. The van der Waals surface area contributed by atoms with Gasteiger partial charge in [-0.1, -0.05) is 17.7 Å². The lowest BCUT2D eigenvalue weighted by Gasteiger charge is -2.24. The minimum absolute atomic E-state index is 0.550. The van der Waals surface area contributed by atoms with E-state index in [9.17, 15) is 0 Å². The van der Waals surface area contributed by atoms with Gasteiger partial charge in [0.25, 0.3) is 0 Å². The number of hydrogen-bond donors (Lipinski definition) is 0. The van der Waals surface area contributed by atoms with Gasteiger partial charge in [-0.15, -0.1) is 0 Å². The van der Waals surface area contributed by atoms with Crippen molar-refractivity contribution in [3.63, 3.8) is 0 Å². The third-order valence-electron chi connectivity index (χ3n) is 2.74. The zero-order chi connectivity index (χ0) is 10.8. The van der Waals surface area contributed by atoms with Gasteiger partial charge in [-0.3, -0.25) is 0 Å². The minimum atomic E-state index is 0.550. The molecule has 1 aliphatic rings. The maximum atomic E-state index is 9.08. The Bertz CT molecular complexity index is 405. The molecule has 0 heterocycles. The Labute approximate surface area is 95.1 Å². The third kappa shape index (κ3) is 1.93. The lowest BCUT2D eigenvalue weighted by Crippen LogP contribution is -2.25. The smallest absolute Gasteiger partial charge is 0.103 e. The van der Waals surface area contributed by atoms with Crippen LogP contribution in [0.2, 0.25) is 5.02 Å². The second-order valence-electron chi connectivity index (χ2n) is 3.76. The van der Waals surface area contributed by atoms with Gasteiger partial charge < -0.3 is 4.90 Å². The van der Waals surface area contributed by atoms with Crippen molar-refractivity contribution in [3.05, 3.63) is 28.8 Å². The van der Waals surface area contributed by atoms with Gasteiger partial charge in [0.2, 0.25) is 0 Å². The first-order valence-electron chi connectivity index (χ1n) is 5.23. The molecule has 3 heteroatoms. The molecule has 2 nitrogen and oxygen atoms in total. The largest absolute Gasteiger partial charge is 0.368 e. The molecule has 0 atom stereocenters. The van der Waals surface area contributed by atoms with E-state index in [0.29, 0.717) is 16.6 Å². The summed E-state index contributed by atoms with van der Waals surface area (Å²) in [5.74, 6) is 0. The van der Waals surface area contributed by atoms with Gasteiger partial charge in [0.15, 0.2) is 0 Å². The van der Waals surface area contributed by atoms with Gasteiger partial charge in [0.05, 0.1) is 16.3 Å². The molecule has 0 N–H and O–H groups in total. The summed E-state index contributed by atoms with van der Waals surface area (Å²) in [5, 5.41) is 9.63. The number of benzene rings is 1. The summed E-state index contributed by atoms with van der Waals surface area (Å²) in [6.07, 6.45) is 2.45. The quantitative estimate of drug-likeness (QED) is 0.782. The van der Waals surface area contributed by atoms with Crippen molar-refractivity contribution in [3.8, 4) is 6.07 Å². The van der Waals surface area contributed by atoms with Gasteiger partial charge in [-0.05, 0) is 31.9 Å². The first-order chi connectivity index (χ1) is 7.27. The van der Waals surface area contributed by atoms with Crippen molar-refractivity contribution in [1.82, 2.24) is 0 Å². The lowest BCUT2D eigenvalue weighted by molar-refractivity contribution is 0.825. The van der Waals surface area contributed by atoms with E-state index in [2.05, 4.69) is 17.9 Å². The standard InChI is InChI=1S/C12H13ClN2/c1-2-15(9-6-7-9)12-5-3-4-11(13)10(12)8-14/h3-5,9H,2,6-7H2,1H3. The molecule has 1 saturated carbocycles. The number of anilines is 1. The number of halogens is 1. The van der Waals surface area contributed by atoms with Crippen molar-refractivity contribution in [1.29, 1.82) is 5.26 Å². The van der Waals surface area contributed by atoms with Crippen LogP contribution in [0.15, 0.2) is 18.2 Å². The van der Waals surface area contributed by atoms with Crippen LogP contribution < -0.4 is 4.90 Å². The molecular weight excluding hydrogens is 208 g/mol. The first-order valence-corrected chi connectivity index (χ1v) is 5.61. The van der Waals surface area contributed by atoms with Crippen LogP contribution in [-0.2, 0) is 0 Å². The maximum Gasteiger partial charge on any atom is 0.103 e. The van der Waals surface area contributed by atoms with Crippen LogP contribution in [0.4, 0.5) is 5.69 Å². The molecule has 0 aliphatic heterocycles. The summed E-state index contributed by atoms with van der Waals surface area (Å²) in [4.78, 5) is 2.27. The molecular formula is C12H13ClN2. The zero-order valence-electron chi connectivity index (χ0n) is 8.70. The molecule has 1 aromatic rings. The summed E-state index contributed by atoms with van der Waals surface area (Å²) in [7, 11) is 0. The van der Waals surface area contributed by atoms with E-state index in [1.54, 1.807) is 6.07 Å². The van der Waals surface area contributed by atoms with E-state index in [-0.39, 0.29) is 0 Å². The zero-order valence-corrected chi connectivity index (χ0v) is 9.46. The molecule has 0 amide bonds. The Balaban J connectivity index is 2.41. The van der Waals surface area contributed by atoms with Crippen molar-refractivity contribution in [2.24, 2.45) is 0 Å². The molecule has 78 valence electrons. The van der Waals surface area contributed by atoms with Crippen LogP contribution in [0.5, 0.6) is 0 Å². The second kappa shape index (κ2) is 4.12. The lowest BCUT2D eigenvalue weighted by atomic mass is 10.1. The first kappa shape index (κ1) is 10.3. The van der Waals surface area contributed by atoms with E-state index in [4.69, 9.17) is 16.9 Å². The third-order valence-corrected chi connectivity index (χ3v) is 3.06. The predicted octanol–water partition coefficient (Wildman–Crippen LogP) is 3.20. The molecule has 2 rings (SSSR count).